The fraction of sp³-hybridized carbons (Fsp3) is 0.389. The van der Waals surface area contributed by atoms with E-state index in [2.05, 4.69) is 9.72 Å². The lowest BCUT2D eigenvalue weighted by molar-refractivity contribution is -0.131. The smallest absolute Gasteiger partial charge is 0.357 e. The molecule has 7 heteroatoms. The van der Waals surface area contributed by atoms with Crippen LogP contribution in [0.2, 0.25) is 0 Å². The molecule has 1 aromatic carbocycles. The molecule has 134 valence electrons. The molecule has 0 bridgehead atoms. The van der Waals surface area contributed by atoms with Gasteiger partial charge >= 0.3 is 5.97 Å². The Hall–Kier alpha value is -2.41. The Morgan fingerprint density at radius 3 is 2.52 bits per heavy atom. The normalized spacial score (nSPS) is 10.4. The predicted octanol–water partition coefficient (Wildman–Crippen LogP) is 2.92. The van der Waals surface area contributed by atoms with Gasteiger partial charge in [0, 0.05) is 11.9 Å². The maximum Gasteiger partial charge on any atom is 0.357 e. The lowest BCUT2D eigenvalue weighted by atomic mass is 10.1. The average Bonchev–Trinajstić information content (AvgIpc) is 3.10. The first-order chi connectivity index (χ1) is 12.1. The Balaban J connectivity index is 2.04. The van der Waals surface area contributed by atoms with Crippen LogP contribution in [-0.4, -0.2) is 42.5 Å². The van der Waals surface area contributed by atoms with E-state index in [9.17, 15) is 9.59 Å². The van der Waals surface area contributed by atoms with Crippen LogP contribution in [0.25, 0.3) is 0 Å². The van der Waals surface area contributed by atoms with E-state index in [-0.39, 0.29) is 11.6 Å². The monoisotopic (exact) mass is 362 g/mol. The topological polar surface area (TPSA) is 68.7 Å². The third-order valence-corrected chi connectivity index (χ3v) is 4.47. The summed E-state index contributed by atoms with van der Waals surface area (Å²) in [6, 6.07) is 7.46. The van der Waals surface area contributed by atoms with E-state index in [0.29, 0.717) is 19.5 Å². The zero-order valence-corrected chi connectivity index (χ0v) is 15.5. The summed E-state index contributed by atoms with van der Waals surface area (Å²) in [7, 11) is 2.93. The minimum atomic E-state index is -0.464. The van der Waals surface area contributed by atoms with Gasteiger partial charge in [-0.2, -0.15) is 0 Å². The number of hydrogen-bond acceptors (Lipinski definition) is 6. The van der Waals surface area contributed by atoms with Gasteiger partial charge in [0.15, 0.2) is 5.69 Å². The Bertz CT molecular complexity index is 712. The van der Waals surface area contributed by atoms with Gasteiger partial charge in [-0.25, -0.2) is 9.78 Å². The van der Waals surface area contributed by atoms with Gasteiger partial charge in [0.05, 0.1) is 27.2 Å². The summed E-state index contributed by atoms with van der Waals surface area (Å²) in [6.07, 6.45) is 1.17. The highest BCUT2D eigenvalue weighted by molar-refractivity contribution is 7.09. The lowest BCUT2D eigenvalue weighted by Gasteiger charge is -2.21. The molecule has 0 saturated carbocycles. The van der Waals surface area contributed by atoms with E-state index >= 15 is 0 Å². The summed E-state index contributed by atoms with van der Waals surface area (Å²) < 4.78 is 9.79. The van der Waals surface area contributed by atoms with E-state index in [1.807, 2.05) is 31.2 Å². The summed E-state index contributed by atoms with van der Waals surface area (Å²) in [5.74, 6) is 0.329. The number of carbonyl (C=O) groups excluding carboxylic acids is 2. The van der Waals surface area contributed by atoms with Crippen LogP contribution in [0.3, 0.4) is 0 Å². The third-order valence-electron chi connectivity index (χ3n) is 3.63. The van der Waals surface area contributed by atoms with Crippen molar-refractivity contribution in [3.63, 3.8) is 0 Å². The van der Waals surface area contributed by atoms with Crippen molar-refractivity contribution in [2.45, 2.75) is 26.3 Å². The van der Waals surface area contributed by atoms with Gasteiger partial charge in [0.2, 0.25) is 5.91 Å². The Morgan fingerprint density at radius 2 is 1.92 bits per heavy atom. The number of methoxy groups -OCH3 is 2. The second kappa shape index (κ2) is 9.17. The summed E-state index contributed by atoms with van der Waals surface area (Å²) in [5, 5.41) is 2.37. The summed E-state index contributed by atoms with van der Waals surface area (Å²) in [4.78, 5) is 30.2. The van der Waals surface area contributed by atoms with Crippen molar-refractivity contribution in [2.24, 2.45) is 0 Å². The van der Waals surface area contributed by atoms with Gasteiger partial charge in [-0.05, 0) is 24.1 Å². The molecule has 0 fully saturated rings. The highest BCUT2D eigenvalue weighted by Gasteiger charge is 2.17. The van der Waals surface area contributed by atoms with Crippen LogP contribution in [0, 0.1) is 0 Å². The van der Waals surface area contributed by atoms with Gasteiger partial charge in [0.1, 0.15) is 10.8 Å². The molecule has 0 spiro atoms. The van der Waals surface area contributed by atoms with E-state index in [1.54, 1.807) is 17.4 Å². The molecule has 0 N–H and O–H groups in total. The van der Waals surface area contributed by atoms with Gasteiger partial charge in [-0.3, -0.25) is 4.79 Å². The van der Waals surface area contributed by atoms with Gasteiger partial charge in [0.25, 0.3) is 0 Å². The van der Waals surface area contributed by atoms with Gasteiger partial charge in [-0.15, -0.1) is 11.3 Å². The second-order valence-electron chi connectivity index (χ2n) is 5.46. The number of hydrogen-bond donors (Lipinski definition) is 0. The molecule has 0 aliphatic carbocycles. The molecule has 1 heterocycles. The van der Waals surface area contributed by atoms with Crippen LogP contribution in [0.15, 0.2) is 29.6 Å². The van der Waals surface area contributed by atoms with Crippen LogP contribution < -0.4 is 4.74 Å². The van der Waals surface area contributed by atoms with Crippen LogP contribution in [-0.2, 0) is 22.5 Å². The average molecular weight is 362 g/mol. The number of benzene rings is 1. The molecule has 2 aromatic rings. The van der Waals surface area contributed by atoms with E-state index in [1.165, 1.54) is 18.4 Å². The molecule has 0 aliphatic rings. The molecule has 0 unspecified atom stereocenters. The first-order valence-corrected chi connectivity index (χ1v) is 8.88. The Labute approximate surface area is 151 Å². The van der Waals surface area contributed by atoms with E-state index < -0.39 is 5.97 Å². The Morgan fingerprint density at radius 1 is 1.20 bits per heavy atom. The van der Waals surface area contributed by atoms with Crippen molar-refractivity contribution in [1.82, 2.24) is 9.88 Å². The maximum atomic E-state index is 12.6. The fourth-order valence-corrected chi connectivity index (χ4v) is 3.11. The minimum absolute atomic E-state index is 0.0295. The van der Waals surface area contributed by atoms with Crippen molar-refractivity contribution in [3.8, 4) is 5.75 Å². The van der Waals surface area contributed by atoms with Crippen molar-refractivity contribution < 1.29 is 19.1 Å². The van der Waals surface area contributed by atoms with Gasteiger partial charge in [-0.1, -0.05) is 19.1 Å². The molecule has 0 atom stereocenters. The van der Waals surface area contributed by atoms with Crippen molar-refractivity contribution in [3.05, 3.63) is 45.9 Å². The van der Waals surface area contributed by atoms with E-state index in [0.717, 1.165) is 22.7 Å². The number of aromatic nitrogens is 1. The molecule has 1 amide bonds. The summed E-state index contributed by atoms with van der Waals surface area (Å²) in [6.45, 7) is 3.06. The standard InChI is InChI=1S/C18H22N2O4S/c1-4-9-20(11-16-19-15(12-25-16)18(22)24-3)17(21)10-13-5-7-14(23-2)8-6-13/h5-8,12H,4,9-11H2,1-3H3. The van der Waals surface area contributed by atoms with E-state index in [4.69, 9.17) is 4.74 Å². The highest BCUT2D eigenvalue weighted by atomic mass is 32.1. The summed E-state index contributed by atoms with van der Waals surface area (Å²) in [5.41, 5.74) is 1.21. The summed E-state index contributed by atoms with van der Waals surface area (Å²) >= 11 is 1.35. The lowest BCUT2D eigenvalue weighted by Crippen LogP contribution is -2.32. The van der Waals surface area contributed by atoms with Crippen LogP contribution in [0.5, 0.6) is 5.75 Å². The number of ether oxygens (including phenoxy) is 2. The van der Waals surface area contributed by atoms with Crippen LogP contribution in [0.4, 0.5) is 0 Å². The molecule has 25 heavy (non-hydrogen) atoms. The molecule has 2 rings (SSSR count). The molecule has 0 saturated heterocycles. The molecular weight excluding hydrogens is 340 g/mol. The van der Waals surface area contributed by atoms with Crippen molar-refractivity contribution >= 4 is 23.2 Å². The number of nitrogens with zero attached hydrogens (tertiary/aromatic N) is 2. The molecule has 6 nitrogen and oxygen atoms in total. The largest absolute Gasteiger partial charge is 0.497 e. The fourth-order valence-electron chi connectivity index (χ4n) is 2.34. The maximum absolute atomic E-state index is 12.6. The Kier molecular flexibility index (Phi) is 6.94. The predicted molar refractivity (Wildman–Crippen MR) is 95.9 cm³/mol. The zero-order chi connectivity index (χ0) is 18.2. The molecule has 0 aliphatic heterocycles. The number of carbonyl (C=O) groups is 2. The SMILES string of the molecule is CCCN(Cc1nc(C(=O)OC)cs1)C(=O)Cc1ccc(OC)cc1. The number of esters is 1. The number of rotatable bonds is 8. The second-order valence-corrected chi connectivity index (χ2v) is 6.40. The first-order valence-electron chi connectivity index (χ1n) is 8.00. The minimum Gasteiger partial charge on any atom is -0.497 e. The quantitative estimate of drug-likeness (QED) is 0.676. The van der Waals surface area contributed by atoms with Crippen LogP contribution >= 0.6 is 11.3 Å². The van der Waals surface area contributed by atoms with Crippen molar-refractivity contribution in [2.75, 3.05) is 20.8 Å². The zero-order valence-electron chi connectivity index (χ0n) is 14.7. The van der Waals surface area contributed by atoms with Crippen LogP contribution in [0.1, 0.15) is 34.4 Å². The molecule has 0 radical (unpaired) electrons. The van der Waals surface area contributed by atoms with Gasteiger partial charge < -0.3 is 14.4 Å². The number of thiazole rings is 1. The molecular formula is C18H22N2O4S. The third kappa shape index (κ3) is 5.29. The number of amides is 1. The molecule has 1 aromatic heterocycles. The first kappa shape index (κ1) is 18.9. The highest BCUT2D eigenvalue weighted by Crippen LogP contribution is 2.16. The van der Waals surface area contributed by atoms with Crippen molar-refractivity contribution in [1.29, 1.82) is 0 Å².